The van der Waals surface area contributed by atoms with Gasteiger partial charge >= 0.3 is 0 Å². The maximum absolute atomic E-state index is 13.2. The summed E-state index contributed by atoms with van der Waals surface area (Å²) < 4.78 is 11.0. The summed E-state index contributed by atoms with van der Waals surface area (Å²) >= 11 is 0. The van der Waals surface area contributed by atoms with Crippen molar-refractivity contribution < 1.29 is 14.1 Å². The van der Waals surface area contributed by atoms with Crippen molar-refractivity contribution in [1.82, 2.24) is 20.0 Å². The van der Waals surface area contributed by atoms with Gasteiger partial charge in [-0.3, -0.25) is 4.79 Å². The molecule has 2 aromatic heterocycles. The molecule has 0 spiro atoms. The first-order chi connectivity index (χ1) is 14.2. The summed E-state index contributed by atoms with van der Waals surface area (Å²) in [4.78, 5) is 23.8. The molecule has 0 unspecified atom stereocenters. The molecule has 3 heterocycles. The average Bonchev–Trinajstić information content (AvgIpc) is 3.21. The van der Waals surface area contributed by atoms with Gasteiger partial charge in [0.15, 0.2) is 11.9 Å². The highest BCUT2D eigenvalue weighted by Crippen LogP contribution is 2.34. The van der Waals surface area contributed by atoms with Crippen LogP contribution < -0.4 is 0 Å². The molecule has 7 heteroatoms. The summed E-state index contributed by atoms with van der Waals surface area (Å²) in [6.45, 7) is 3.18. The molecule has 0 radical (unpaired) electrons. The summed E-state index contributed by atoms with van der Waals surface area (Å²) in [6, 6.07) is 11.5. The van der Waals surface area contributed by atoms with E-state index in [2.05, 4.69) is 15.1 Å². The summed E-state index contributed by atoms with van der Waals surface area (Å²) in [5.41, 5.74) is 3.39. The largest absolute Gasteiger partial charge is 0.367 e. The molecule has 29 heavy (non-hydrogen) atoms. The predicted molar refractivity (Wildman–Crippen MR) is 107 cm³/mol. The topological polar surface area (TPSA) is 81.4 Å². The number of aryl methyl sites for hydroxylation is 1. The normalized spacial score (nSPS) is 17.9. The lowest BCUT2D eigenvalue weighted by molar-refractivity contribution is -0.143. The van der Waals surface area contributed by atoms with Crippen molar-refractivity contribution in [3.05, 3.63) is 65.9 Å². The minimum atomic E-state index is -0.600. The molecule has 0 bridgehead atoms. The molecule has 0 aliphatic carbocycles. The Morgan fingerprint density at radius 2 is 2.14 bits per heavy atom. The molecule has 1 amide bonds. The monoisotopic (exact) mass is 392 g/mol. The Hall–Kier alpha value is -3.06. The number of carbonyl (C=O) groups is 1. The van der Waals surface area contributed by atoms with Crippen molar-refractivity contribution in [1.29, 1.82) is 0 Å². The van der Waals surface area contributed by atoms with Gasteiger partial charge in [-0.25, -0.2) is 9.97 Å². The highest BCUT2D eigenvalue weighted by molar-refractivity contribution is 5.82. The summed E-state index contributed by atoms with van der Waals surface area (Å²) in [5, 5.41) is 3.98. The third-order valence-corrected chi connectivity index (χ3v) is 5.32. The standard InChI is InChI=1S/C22H24N4O3/c1-15-11-19(29-25-15)18-12-23-14-24-20(18)17-9-6-10-26(13-17)22(27)21(28-2)16-7-4-3-5-8-16/h3-5,7-8,11-12,14,17,21H,6,9-10,13H2,1-2H3/t17-,21-/m1/s1. The van der Waals surface area contributed by atoms with Gasteiger partial charge in [0.25, 0.3) is 5.91 Å². The fourth-order valence-electron chi connectivity index (χ4n) is 3.92. The third-order valence-electron chi connectivity index (χ3n) is 5.32. The summed E-state index contributed by atoms with van der Waals surface area (Å²) in [6.07, 6.45) is 4.55. The molecule has 2 atom stereocenters. The zero-order chi connectivity index (χ0) is 20.2. The van der Waals surface area contributed by atoms with Crippen molar-refractivity contribution in [2.45, 2.75) is 31.8 Å². The van der Waals surface area contributed by atoms with E-state index in [-0.39, 0.29) is 11.8 Å². The van der Waals surface area contributed by atoms with Gasteiger partial charge < -0.3 is 14.2 Å². The molecular weight excluding hydrogens is 368 g/mol. The molecule has 4 rings (SSSR count). The maximum atomic E-state index is 13.2. The zero-order valence-corrected chi connectivity index (χ0v) is 16.6. The Kier molecular flexibility index (Phi) is 5.67. The van der Waals surface area contributed by atoms with Crippen LogP contribution in [0.2, 0.25) is 0 Å². The number of amides is 1. The van der Waals surface area contributed by atoms with Crippen molar-refractivity contribution in [2.24, 2.45) is 0 Å². The van der Waals surface area contributed by atoms with E-state index in [4.69, 9.17) is 9.26 Å². The maximum Gasteiger partial charge on any atom is 0.256 e. The van der Waals surface area contributed by atoms with Crippen LogP contribution in [0.4, 0.5) is 0 Å². The van der Waals surface area contributed by atoms with E-state index < -0.39 is 6.10 Å². The van der Waals surface area contributed by atoms with Crippen molar-refractivity contribution in [3.8, 4) is 11.3 Å². The number of hydrogen-bond donors (Lipinski definition) is 0. The van der Waals surface area contributed by atoms with Crippen LogP contribution in [0.15, 0.2) is 53.4 Å². The number of benzene rings is 1. The SMILES string of the molecule is CO[C@@H](C(=O)N1CCC[C@@H](c2ncncc2-c2cc(C)no2)C1)c1ccccc1. The van der Waals surface area contributed by atoms with Crippen LogP contribution in [0.5, 0.6) is 0 Å². The van der Waals surface area contributed by atoms with Crippen molar-refractivity contribution >= 4 is 5.91 Å². The van der Waals surface area contributed by atoms with Crippen LogP contribution in [0.3, 0.4) is 0 Å². The van der Waals surface area contributed by atoms with Crippen molar-refractivity contribution in [2.75, 3.05) is 20.2 Å². The lowest BCUT2D eigenvalue weighted by atomic mass is 9.91. The fourth-order valence-corrected chi connectivity index (χ4v) is 3.92. The van der Waals surface area contributed by atoms with Crippen molar-refractivity contribution in [3.63, 3.8) is 0 Å². The molecule has 1 aliphatic heterocycles. The average molecular weight is 392 g/mol. The van der Waals surface area contributed by atoms with Crippen LogP contribution in [0, 0.1) is 6.92 Å². The van der Waals surface area contributed by atoms with Crippen LogP contribution in [0.1, 0.15) is 41.8 Å². The van der Waals surface area contributed by atoms with Gasteiger partial charge in [0, 0.05) is 38.4 Å². The molecule has 150 valence electrons. The molecular formula is C22H24N4O3. The minimum absolute atomic E-state index is 0.0190. The fraction of sp³-hybridized carbons (Fsp3) is 0.364. The van der Waals surface area contributed by atoms with E-state index in [9.17, 15) is 4.79 Å². The van der Waals surface area contributed by atoms with Gasteiger partial charge in [0.05, 0.1) is 17.0 Å². The van der Waals surface area contributed by atoms with Gasteiger partial charge in [-0.05, 0) is 25.3 Å². The first-order valence-electron chi connectivity index (χ1n) is 9.77. The molecule has 0 saturated carbocycles. The van der Waals surface area contributed by atoms with Gasteiger partial charge in [-0.2, -0.15) is 0 Å². The number of piperidine rings is 1. The van der Waals surface area contributed by atoms with Gasteiger partial charge in [0.1, 0.15) is 6.33 Å². The van der Waals surface area contributed by atoms with Gasteiger partial charge in [-0.15, -0.1) is 0 Å². The molecule has 0 N–H and O–H groups in total. The molecule has 1 fully saturated rings. The number of carbonyl (C=O) groups excluding carboxylic acids is 1. The molecule has 1 saturated heterocycles. The van der Waals surface area contributed by atoms with E-state index >= 15 is 0 Å². The smallest absolute Gasteiger partial charge is 0.256 e. The van der Waals surface area contributed by atoms with E-state index in [0.29, 0.717) is 18.8 Å². The van der Waals surface area contributed by atoms with E-state index in [1.54, 1.807) is 19.6 Å². The Bertz CT molecular complexity index is 973. The van der Waals surface area contributed by atoms with Crippen LogP contribution in [-0.4, -0.2) is 46.1 Å². The van der Waals surface area contributed by atoms with Gasteiger partial charge in [-0.1, -0.05) is 35.5 Å². The Balaban J connectivity index is 1.57. The molecule has 1 aromatic carbocycles. The number of aromatic nitrogens is 3. The molecule has 1 aliphatic rings. The summed E-state index contributed by atoms with van der Waals surface area (Å²) in [7, 11) is 1.58. The molecule has 3 aromatic rings. The number of nitrogens with zero attached hydrogens (tertiary/aromatic N) is 4. The predicted octanol–water partition coefficient (Wildman–Crippen LogP) is 3.53. The van der Waals surface area contributed by atoms with E-state index in [0.717, 1.165) is 35.4 Å². The third kappa shape index (κ3) is 4.05. The molecule has 7 nitrogen and oxygen atoms in total. The Morgan fingerprint density at radius 3 is 2.86 bits per heavy atom. The second-order valence-electron chi connectivity index (χ2n) is 7.30. The number of ether oxygens (including phenoxy) is 1. The van der Waals surface area contributed by atoms with E-state index in [1.807, 2.05) is 48.2 Å². The van der Waals surface area contributed by atoms with Crippen LogP contribution in [0.25, 0.3) is 11.3 Å². The second kappa shape index (κ2) is 8.53. The highest BCUT2D eigenvalue weighted by Gasteiger charge is 2.32. The number of methoxy groups -OCH3 is 1. The lowest BCUT2D eigenvalue weighted by Gasteiger charge is -2.34. The Labute approximate surface area is 169 Å². The number of rotatable bonds is 5. The quantitative estimate of drug-likeness (QED) is 0.661. The highest BCUT2D eigenvalue weighted by atomic mass is 16.5. The zero-order valence-electron chi connectivity index (χ0n) is 16.6. The first-order valence-corrected chi connectivity index (χ1v) is 9.77. The van der Waals surface area contributed by atoms with Crippen LogP contribution >= 0.6 is 0 Å². The number of likely N-dealkylation sites (tertiary alicyclic amines) is 1. The first kappa shape index (κ1) is 19.3. The summed E-state index contributed by atoms with van der Waals surface area (Å²) in [5.74, 6) is 0.736. The second-order valence-corrected chi connectivity index (χ2v) is 7.30. The van der Waals surface area contributed by atoms with E-state index in [1.165, 1.54) is 0 Å². The minimum Gasteiger partial charge on any atom is -0.367 e. The number of hydrogen-bond acceptors (Lipinski definition) is 6. The lowest BCUT2D eigenvalue weighted by Crippen LogP contribution is -2.42. The van der Waals surface area contributed by atoms with Gasteiger partial charge in [0.2, 0.25) is 0 Å². The Morgan fingerprint density at radius 1 is 1.31 bits per heavy atom. The van der Waals surface area contributed by atoms with Crippen LogP contribution in [-0.2, 0) is 9.53 Å².